The van der Waals surface area contributed by atoms with E-state index in [-0.39, 0.29) is 23.7 Å². The Kier molecular flexibility index (Phi) is 4.73. The molecule has 4 heteroatoms. The molecule has 0 aliphatic heterocycles. The van der Waals surface area contributed by atoms with Crippen LogP contribution < -0.4 is 5.32 Å². The minimum Gasteiger partial charge on any atom is -0.508 e. The maximum Gasteiger partial charge on any atom is 0.251 e. The molecule has 0 aliphatic rings. The number of rotatable bonds is 5. The highest BCUT2D eigenvalue weighted by Crippen LogP contribution is 2.20. The highest BCUT2D eigenvalue weighted by atomic mass is 16.3. The van der Waals surface area contributed by atoms with Gasteiger partial charge in [0.15, 0.2) is 0 Å². The smallest absolute Gasteiger partial charge is 0.251 e. The summed E-state index contributed by atoms with van der Waals surface area (Å²) in [5.74, 6) is -0.124. The van der Waals surface area contributed by atoms with Gasteiger partial charge >= 0.3 is 0 Å². The largest absolute Gasteiger partial charge is 0.508 e. The van der Waals surface area contributed by atoms with Gasteiger partial charge < -0.3 is 15.5 Å². The van der Waals surface area contributed by atoms with Crippen molar-refractivity contribution in [1.29, 1.82) is 0 Å². The molecule has 1 atom stereocenters. The van der Waals surface area contributed by atoms with Gasteiger partial charge in [-0.1, -0.05) is 19.9 Å². The fourth-order valence-electron chi connectivity index (χ4n) is 1.44. The van der Waals surface area contributed by atoms with E-state index in [2.05, 4.69) is 5.32 Å². The number of benzene rings is 1. The Labute approximate surface area is 108 Å². The Morgan fingerprint density at radius 2 is 2.11 bits per heavy atom. The number of aryl methyl sites for hydroxylation is 1. The number of carbonyl (C=O) groups is 1. The molecule has 0 spiro atoms. The van der Waals surface area contributed by atoms with Crippen molar-refractivity contribution in [2.45, 2.75) is 27.2 Å². The topological polar surface area (TPSA) is 69.6 Å². The number of aliphatic hydroxyl groups excluding tert-OH is 1. The van der Waals surface area contributed by atoms with Gasteiger partial charge in [-0.25, -0.2) is 0 Å². The zero-order valence-electron chi connectivity index (χ0n) is 11.2. The third-order valence-electron chi connectivity index (χ3n) is 3.38. The molecule has 0 fully saturated rings. The fraction of sp³-hybridized carbons (Fsp3) is 0.500. The molecule has 18 heavy (non-hydrogen) atoms. The zero-order valence-corrected chi connectivity index (χ0v) is 11.2. The lowest BCUT2D eigenvalue weighted by Crippen LogP contribution is -2.37. The molecular weight excluding hydrogens is 230 g/mol. The number of hydrogen-bond donors (Lipinski definition) is 3. The first-order chi connectivity index (χ1) is 8.41. The van der Waals surface area contributed by atoms with Crippen LogP contribution in [-0.4, -0.2) is 29.3 Å². The first-order valence-corrected chi connectivity index (χ1v) is 6.10. The van der Waals surface area contributed by atoms with E-state index in [0.29, 0.717) is 12.1 Å². The van der Waals surface area contributed by atoms with Crippen molar-refractivity contribution in [2.75, 3.05) is 13.2 Å². The summed E-state index contributed by atoms with van der Waals surface area (Å²) in [4.78, 5) is 11.9. The second-order valence-electron chi connectivity index (χ2n) is 5.01. The Balaban J connectivity index is 2.68. The van der Waals surface area contributed by atoms with Crippen molar-refractivity contribution in [2.24, 2.45) is 5.41 Å². The highest BCUT2D eigenvalue weighted by Gasteiger charge is 2.22. The van der Waals surface area contributed by atoms with E-state index in [1.54, 1.807) is 19.1 Å². The van der Waals surface area contributed by atoms with Crippen LogP contribution in [-0.2, 0) is 0 Å². The van der Waals surface area contributed by atoms with Gasteiger partial charge in [0, 0.05) is 17.5 Å². The van der Waals surface area contributed by atoms with Crippen molar-refractivity contribution in [3.63, 3.8) is 0 Å². The van der Waals surface area contributed by atoms with E-state index in [9.17, 15) is 15.0 Å². The third kappa shape index (κ3) is 3.47. The molecular formula is C14H21NO3. The minimum atomic E-state index is -0.303. The van der Waals surface area contributed by atoms with E-state index < -0.39 is 0 Å². The number of carbonyl (C=O) groups excluding carboxylic acids is 1. The average molecular weight is 251 g/mol. The Morgan fingerprint density at radius 3 is 2.61 bits per heavy atom. The van der Waals surface area contributed by atoms with Crippen molar-refractivity contribution in [3.8, 4) is 5.75 Å². The Morgan fingerprint density at radius 1 is 1.44 bits per heavy atom. The predicted molar refractivity (Wildman–Crippen MR) is 70.7 cm³/mol. The molecule has 0 heterocycles. The monoisotopic (exact) mass is 251 g/mol. The number of phenolic OH excluding ortho intramolecular Hbond substituents is 1. The first kappa shape index (κ1) is 14.5. The van der Waals surface area contributed by atoms with Crippen LogP contribution in [0.3, 0.4) is 0 Å². The standard InChI is InChI=1S/C14H21NO3/c1-4-14(3,9-16)8-15-13(18)11-6-5-10(2)12(17)7-11/h5-7,16-17H,4,8-9H2,1-3H3,(H,15,18)/t14-/m0/s1. The predicted octanol–water partition coefficient (Wildman–Crippen LogP) is 1.84. The van der Waals surface area contributed by atoms with E-state index in [4.69, 9.17) is 0 Å². The number of amides is 1. The number of nitrogens with one attached hydrogen (secondary N) is 1. The highest BCUT2D eigenvalue weighted by molar-refractivity contribution is 5.94. The van der Waals surface area contributed by atoms with Crippen molar-refractivity contribution < 1.29 is 15.0 Å². The SMILES string of the molecule is CC[C@](C)(CO)CNC(=O)c1ccc(C)c(O)c1. The molecule has 1 aromatic carbocycles. The van der Waals surface area contributed by atoms with Crippen LogP contribution in [0.5, 0.6) is 5.75 Å². The van der Waals surface area contributed by atoms with Gasteiger partial charge in [-0.05, 0) is 31.0 Å². The maximum absolute atomic E-state index is 11.9. The molecule has 100 valence electrons. The lowest BCUT2D eigenvalue weighted by Gasteiger charge is -2.25. The van der Waals surface area contributed by atoms with Crippen molar-refractivity contribution >= 4 is 5.91 Å². The molecule has 0 unspecified atom stereocenters. The molecule has 0 aliphatic carbocycles. The summed E-state index contributed by atoms with van der Waals surface area (Å²) in [6.45, 7) is 6.10. The summed E-state index contributed by atoms with van der Waals surface area (Å²) in [5, 5.41) is 21.6. The number of aromatic hydroxyl groups is 1. The lowest BCUT2D eigenvalue weighted by atomic mass is 9.88. The number of aliphatic hydroxyl groups is 1. The Hall–Kier alpha value is -1.55. The molecule has 1 rings (SSSR count). The van der Waals surface area contributed by atoms with Gasteiger partial charge in [0.1, 0.15) is 5.75 Å². The van der Waals surface area contributed by atoms with Gasteiger partial charge in [0.25, 0.3) is 5.91 Å². The first-order valence-electron chi connectivity index (χ1n) is 6.10. The average Bonchev–Trinajstić information content (AvgIpc) is 2.38. The van der Waals surface area contributed by atoms with Crippen LogP contribution in [0.4, 0.5) is 0 Å². The molecule has 1 amide bonds. The second-order valence-corrected chi connectivity index (χ2v) is 5.01. The van der Waals surface area contributed by atoms with Crippen molar-refractivity contribution in [3.05, 3.63) is 29.3 Å². The molecule has 0 aromatic heterocycles. The summed E-state index contributed by atoms with van der Waals surface area (Å²) < 4.78 is 0. The summed E-state index contributed by atoms with van der Waals surface area (Å²) in [5.41, 5.74) is 0.859. The number of hydrogen-bond acceptors (Lipinski definition) is 3. The maximum atomic E-state index is 11.9. The molecule has 0 saturated heterocycles. The molecule has 0 radical (unpaired) electrons. The van der Waals surface area contributed by atoms with Gasteiger partial charge in [-0.2, -0.15) is 0 Å². The summed E-state index contributed by atoms with van der Waals surface area (Å²) in [6, 6.07) is 4.83. The third-order valence-corrected chi connectivity index (χ3v) is 3.38. The lowest BCUT2D eigenvalue weighted by molar-refractivity contribution is 0.0890. The minimum absolute atomic E-state index is 0.0307. The van der Waals surface area contributed by atoms with Gasteiger partial charge in [-0.3, -0.25) is 4.79 Å². The van der Waals surface area contributed by atoms with E-state index >= 15 is 0 Å². The Bertz CT molecular complexity index is 425. The molecule has 3 N–H and O–H groups in total. The summed E-state index contributed by atoms with van der Waals surface area (Å²) in [6.07, 6.45) is 0.781. The molecule has 0 bridgehead atoms. The van der Waals surface area contributed by atoms with Crippen LogP contribution in [0.25, 0.3) is 0 Å². The van der Waals surface area contributed by atoms with Crippen LogP contribution >= 0.6 is 0 Å². The number of phenols is 1. The van der Waals surface area contributed by atoms with E-state index in [0.717, 1.165) is 12.0 Å². The molecule has 4 nitrogen and oxygen atoms in total. The van der Waals surface area contributed by atoms with E-state index in [1.165, 1.54) is 6.07 Å². The van der Waals surface area contributed by atoms with Crippen LogP contribution in [0.2, 0.25) is 0 Å². The summed E-state index contributed by atoms with van der Waals surface area (Å²) >= 11 is 0. The van der Waals surface area contributed by atoms with Gasteiger partial charge in [-0.15, -0.1) is 0 Å². The van der Waals surface area contributed by atoms with E-state index in [1.807, 2.05) is 13.8 Å². The zero-order chi connectivity index (χ0) is 13.8. The second kappa shape index (κ2) is 5.87. The van der Waals surface area contributed by atoms with Crippen LogP contribution in [0.1, 0.15) is 36.2 Å². The fourth-order valence-corrected chi connectivity index (χ4v) is 1.44. The van der Waals surface area contributed by atoms with Gasteiger partial charge in [0.05, 0.1) is 6.61 Å². The normalized spacial score (nSPS) is 14.0. The molecule has 1 aromatic rings. The molecule has 0 saturated carbocycles. The quantitative estimate of drug-likeness (QED) is 0.748. The van der Waals surface area contributed by atoms with Crippen LogP contribution in [0, 0.1) is 12.3 Å². The van der Waals surface area contributed by atoms with Gasteiger partial charge in [0.2, 0.25) is 0 Å². The summed E-state index contributed by atoms with van der Waals surface area (Å²) in [7, 11) is 0. The van der Waals surface area contributed by atoms with Crippen molar-refractivity contribution in [1.82, 2.24) is 5.32 Å². The van der Waals surface area contributed by atoms with Crippen LogP contribution in [0.15, 0.2) is 18.2 Å².